The molecule has 0 saturated carbocycles. The number of hydrogen-bond acceptors (Lipinski definition) is 5. The molecule has 2 heterocycles. The maximum atomic E-state index is 5.97. The molecule has 2 aromatic heterocycles. The van der Waals surface area contributed by atoms with E-state index in [4.69, 9.17) is 17.3 Å². The van der Waals surface area contributed by atoms with Crippen LogP contribution in [-0.2, 0) is 6.42 Å². The first kappa shape index (κ1) is 10.0. The molecule has 1 atom stereocenters. The fourth-order valence-electron chi connectivity index (χ4n) is 1.12. The van der Waals surface area contributed by atoms with Crippen LogP contribution >= 0.6 is 34.5 Å². The molecule has 14 heavy (non-hydrogen) atoms. The highest BCUT2D eigenvalue weighted by molar-refractivity contribution is 7.16. The van der Waals surface area contributed by atoms with Gasteiger partial charge in [-0.15, -0.1) is 16.4 Å². The predicted octanol–water partition coefficient (Wildman–Crippen LogP) is 2.50. The largest absolute Gasteiger partial charge is 0.323 e. The summed E-state index contributed by atoms with van der Waals surface area (Å²) in [7, 11) is 0. The number of nitrogens with zero attached hydrogens (tertiary/aromatic N) is 2. The lowest BCUT2D eigenvalue weighted by Crippen LogP contribution is -2.10. The second-order valence-electron chi connectivity index (χ2n) is 2.84. The van der Waals surface area contributed by atoms with Crippen LogP contribution in [0.4, 0.5) is 0 Å². The van der Waals surface area contributed by atoms with Gasteiger partial charge in [-0.3, -0.25) is 0 Å². The van der Waals surface area contributed by atoms with Gasteiger partial charge >= 0.3 is 0 Å². The van der Waals surface area contributed by atoms with Crippen molar-refractivity contribution < 1.29 is 0 Å². The van der Waals surface area contributed by atoms with Crippen molar-refractivity contribution in [3.63, 3.8) is 0 Å². The number of halogens is 1. The molecular formula is C8H8ClN3S2. The summed E-state index contributed by atoms with van der Waals surface area (Å²) in [5.74, 6) is 0. The van der Waals surface area contributed by atoms with Gasteiger partial charge in [0.25, 0.3) is 0 Å². The third kappa shape index (κ3) is 2.30. The van der Waals surface area contributed by atoms with Crippen LogP contribution in [0.3, 0.4) is 0 Å². The van der Waals surface area contributed by atoms with Gasteiger partial charge in [-0.1, -0.05) is 16.1 Å². The van der Waals surface area contributed by atoms with Gasteiger partial charge in [-0.2, -0.15) is 0 Å². The zero-order valence-electron chi connectivity index (χ0n) is 7.18. The molecule has 0 aromatic carbocycles. The zero-order valence-corrected chi connectivity index (χ0v) is 9.57. The van der Waals surface area contributed by atoms with E-state index in [0.717, 1.165) is 15.6 Å². The lowest BCUT2D eigenvalue weighted by atomic mass is 10.2. The minimum atomic E-state index is -0.0234. The number of nitrogens with two attached hydrogens (primary N) is 1. The van der Waals surface area contributed by atoms with E-state index in [0.29, 0.717) is 0 Å². The molecule has 3 nitrogen and oxygen atoms in total. The van der Waals surface area contributed by atoms with Crippen LogP contribution in [0.5, 0.6) is 0 Å². The first-order chi connectivity index (χ1) is 6.75. The van der Waals surface area contributed by atoms with Crippen LogP contribution in [0.1, 0.15) is 15.8 Å². The molecule has 1 unspecified atom stereocenters. The monoisotopic (exact) mass is 245 g/mol. The highest BCUT2D eigenvalue weighted by atomic mass is 35.5. The molecule has 2 aromatic rings. The second-order valence-corrected chi connectivity index (χ2v) is 5.45. The SMILES string of the molecule is NC(Cc1ccc(Cl)s1)c1cnns1. The summed E-state index contributed by atoms with van der Waals surface area (Å²) in [4.78, 5) is 2.20. The van der Waals surface area contributed by atoms with Crippen LogP contribution < -0.4 is 5.73 Å². The summed E-state index contributed by atoms with van der Waals surface area (Å²) in [6, 6.07) is 3.87. The highest BCUT2D eigenvalue weighted by Gasteiger charge is 2.10. The molecule has 2 N–H and O–H groups in total. The molecular weight excluding hydrogens is 238 g/mol. The van der Waals surface area contributed by atoms with E-state index in [9.17, 15) is 0 Å². The molecule has 0 aliphatic rings. The van der Waals surface area contributed by atoms with Crippen LogP contribution in [0, 0.1) is 0 Å². The molecule has 0 radical (unpaired) electrons. The van der Waals surface area contributed by atoms with Gasteiger partial charge in [0.05, 0.1) is 15.4 Å². The fraction of sp³-hybridized carbons (Fsp3) is 0.250. The molecule has 0 saturated heterocycles. The Labute approximate surface area is 94.7 Å². The first-order valence-electron chi connectivity index (χ1n) is 4.03. The Morgan fingerprint density at radius 2 is 2.36 bits per heavy atom. The number of thiophene rings is 1. The Morgan fingerprint density at radius 1 is 1.50 bits per heavy atom. The smallest absolute Gasteiger partial charge is 0.0931 e. The van der Waals surface area contributed by atoms with Gasteiger partial charge in [-0.25, -0.2) is 0 Å². The lowest BCUT2D eigenvalue weighted by molar-refractivity contribution is 0.743. The average Bonchev–Trinajstić information content (AvgIpc) is 2.75. The zero-order chi connectivity index (χ0) is 9.97. The molecule has 0 aliphatic carbocycles. The molecule has 0 aliphatic heterocycles. The second kappa shape index (κ2) is 4.35. The third-order valence-electron chi connectivity index (χ3n) is 1.79. The van der Waals surface area contributed by atoms with E-state index in [-0.39, 0.29) is 6.04 Å². The fourth-order valence-corrected chi connectivity index (χ4v) is 2.76. The van der Waals surface area contributed by atoms with Crippen LogP contribution in [0.2, 0.25) is 4.34 Å². The van der Waals surface area contributed by atoms with E-state index < -0.39 is 0 Å². The van der Waals surface area contributed by atoms with Crippen LogP contribution in [0.25, 0.3) is 0 Å². The standard InChI is InChI=1S/C8H8ClN3S2/c9-8-2-1-5(13-8)3-6(10)7-4-11-12-14-7/h1-2,4,6H,3,10H2. The molecule has 6 heteroatoms. The number of hydrogen-bond donors (Lipinski definition) is 1. The summed E-state index contributed by atoms with van der Waals surface area (Å²) < 4.78 is 4.58. The third-order valence-corrected chi connectivity index (χ3v) is 3.84. The minimum absolute atomic E-state index is 0.0234. The number of aromatic nitrogens is 2. The lowest BCUT2D eigenvalue weighted by Gasteiger charge is -2.05. The van der Waals surface area contributed by atoms with Crippen molar-refractivity contribution in [3.05, 3.63) is 32.4 Å². The minimum Gasteiger partial charge on any atom is -0.323 e. The van der Waals surface area contributed by atoms with Crippen molar-refractivity contribution in [3.8, 4) is 0 Å². The van der Waals surface area contributed by atoms with Gasteiger partial charge in [0, 0.05) is 17.3 Å². The topological polar surface area (TPSA) is 51.8 Å². The normalized spacial score (nSPS) is 13.0. The summed E-state index contributed by atoms with van der Waals surface area (Å²) in [6.07, 6.45) is 2.51. The van der Waals surface area contributed by atoms with Crippen molar-refractivity contribution in [2.45, 2.75) is 12.5 Å². The maximum absolute atomic E-state index is 5.97. The Morgan fingerprint density at radius 3 is 2.93 bits per heavy atom. The van der Waals surface area contributed by atoms with E-state index in [2.05, 4.69) is 9.59 Å². The van der Waals surface area contributed by atoms with Crippen LogP contribution in [-0.4, -0.2) is 9.59 Å². The van der Waals surface area contributed by atoms with E-state index in [1.165, 1.54) is 16.4 Å². The number of rotatable bonds is 3. The van der Waals surface area contributed by atoms with E-state index >= 15 is 0 Å². The molecule has 0 spiro atoms. The Kier molecular flexibility index (Phi) is 3.12. The Bertz CT molecular complexity index is 398. The maximum Gasteiger partial charge on any atom is 0.0931 e. The van der Waals surface area contributed by atoms with Gasteiger partial charge in [0.1, 0.15) is 0 Å². The highest BCUT2D eigenvalue weighted by Crippen LogP contribution is 2.26. The van der Waals surface area contributed by atoms with E-state index in [1.807, 2.05) is 12.1 Å². The van der Waals surface area contributed by atoms with Crippen molar-refractivity contribution in [2.24, 2.45) is 5.73 Å². The molecule has 74 valence electrons. The van der Waals surface area contributed by atoms with Gasteiger partial charge in [0.2, 0.25) is 0 Å². The quantitative estimate of drug-likeness (QED) is 0.904. The van der Waals surface area contributed by atoms with E-state index in [1.54, 1.807) is 17.5 Å². The summed E-state index contributed by atoms with van der Waals surface area (Å²) in [5.41, 5.74) is 5.97. The predicted molar refractivity (Wildman–Crippen MR) is 59.9 cm³/mol. The van der Waals surface area contributed by atoms with Crippen molar-refractivity contribution in [1.82, 2.24) is 9.59 Å². The van der Waals surface area contributed by atoms with Crippen molar-refractivity contribution in [1.29, 1.82) is 0 Å². The first-order valence-corrected chi connectivity index (χ1v) is 5.99. The molecule has 0 fully saturated rings. The van der Waals surface area contributed by atoms with Crippen LogP contribution in [0.15, 0.2) is 18.3 Å². The average molecular weight is 246 g/mol. The summed E-state index contributed by atoms with van der Waals surface area (Å²) >= 11 is 8.73. The van der Waals surface area contributed by atoms with Gasteiger partial charge in [0.15, 0.2) is 0 Å². The molecule has 2 rings (SSSR count). The van der Waals surface area contributed by atoms with Crippen molar-refractivity contribution >= 4 is 34.5 Å². The summed E-state index contributed by atoms with van der Waals surface area (Å²) in [6.45, 7) is 0. The molecule has 0 amide bonds. The Balaban J connectivity index is 2.05. The van der Waals surface area contributed by atoms with Gasteiger partial charge < -0.3 is 5.73 Å². The van der Waals surface area contributed by atoms with Crippen molar-refractivity contribution in [2.75, 3.05) is 0 Å². The Hall–Kier alpha value is -0.490. The summed E-state index contributed by atoms with van der Waals surface area (Å²) in [5, 5.41) is 3.76. The van der Waals surface area contributed by atoms with Gasteiger partial charge in [-0.05, 0) is 23.7 Å². The molecule has 0 bridgehead atoms.